The van der Waals surface area contributed by atoms with E-state index in [1.807, 2.05) is 0 Å². The Kier molecular flexibility index (Phi) is 4.20. The monoisotopic (exact) mass is 184 g/mol. The van der Waals surface area contributed by atoms with Crippen LogP contribution < -0.4 is 11.1 Å². The largest absolute Gasteiger partial charge is 0.329 e. The maximum Gasteiger partial charge on any atom is 0.0332 e. The van der Waals surface area contributed by atoms with Gasteiger partial charge in [0, 0.05) is 12.1 Å². The van der Waals surface area contributed by atoms with E-state index in [0.717, 1.165) is 19.0 Å². The van der Waals surface area contributed by atoms with Gasteiger partial charge < -0.3 is 11.1 Å². The van der Waals surface area contributed by atoms with E-state index in [9.17, 15) is 0 Å². The van der Waals surface area contributed by atoms with Crippen LogP contribution in [0.25, 0.3) is 0 Å². The molecule has 0 heterocycles. The first-order valence-corrected chi connectivity index (χ1v) is 5.74. The Labute approximate surface area is 82.3 Å². The second kappa shape index (κ2) is 4.97. The molecule has 1 rings (SSSR count). The van der Waals surface area contributed by atoms with Crippen molar-refractivity contribution in [1.82, 2.24) is 5.32 Å². The zero-order valence-electron chi connectivity index (χ0n) is 9.10. The number of hydrogen-bond acceptors (Lipinski definition) is 2. The molecule has 2 atom stereocenters. The molecule has 2 unspecified atom stereocenters. The highest BCUT2D eigenvalue weighted by molar-refractivity contribution is 4.97. The minimum absolute atomic E-state index is 0.266. The molecule has 0 bridgehead atoms. The van der Waals surface area contributed by atoms with Gasteiger partial charge in [-0.15, -0.1) is 0 Å². The van der Waals surface area contributed by atoms with Crippen LogP contribution in [-0.2, 0) is 0 Å². The summed E-state index contributed by atoms with van der Waals surface area (Å²) in [5.41, 5.74) is 6.19. The van der Waals surface area contributed by atoms with E-state index in [1.165, 1.54) is 32.1 Å². The lowest BCUT2D eigenvalue weighted by atomic mass is 9.71. The van der Waals surface area contributed by atoms with Gasteiger partial charge in [0.1, 0.15) is 0 Å². The van der Waals surface area contributed by atoms with Gasteiger partial charge in [0.25, 0.3) is 0 Å². The number of rotatable bonds is 4. The van der Waals surface area contributed by atoms with Crippen molar-refractivity contribution in [3.63, 3.8) is 0 Å². The third-order valence-corrected chi connectivity index (χ3v) is 3.59. The Hall–Kier alpha value is -0.0800. The number of nitrogens with one attached hydrogen (secondary N) is 1. The van der Waals surface area contributed by atoms with Crippen molar-refractivity contribution >= 4 is 0 Å². The second-order valence-corrected chi connectivity index (χ2v) is 4.24. The molecule has 2 nitrogen and oxygen atoms in total. The van der Waals surface area contributed by atoms with E-state index in [4.69, 9.17) is 5.73 Å². The zero-order chi connectivity index (χ0) is 9.73. The lowest BCUT2D eigenvalue weighted by molar-refractivity contribution is 0.146. The van der Waals surface area contributed by atoms with Crippen LogP contribution in [0, 0.1) is 5.92 Å². The van der Waals surface area contributed by atoms with Gasteiger partial charge in [0.05, 0.1) is 0 Å². The lowest BCUT2D eigenvalue weighted by Gasteiger charge is -2.44. The highest BCUT2D eigenvalue weighted by atomic mass is 15.0. The molecule has 13 heavy (non-hydrogen) atoms. The summed E-state index contributed by atoms with van der Waals surface area (Å²) >= 11 is 0. The van der Waals surface area contributed by atoms with E-state index < -0.39 is 0 Å². The Morgan fingerprint density at radius 3 is 2.69 bits per heavy atom. The summed E-state index contributed by atoms with van der Waals surface area (Å²) in [4.78, 5) is 0. The van der Waals surface area contributed by atoms with Crippen LogP contribution in [-0.4, -0.2) is 18.6 Å². The zero-order valence-corrected chi connectivity index (χ0v) is 9.10. The van der Waals surface area contributed by atoms with E-state index in [0.29, 0.717) is 0 Å². The molecular weight excluding hydrogens is 160 g/mol. The van der Waals surface area contributed by atoms with Crippen molar-refractivity contribution in [1.29, 1.82) is 0 Å². The molecular formula is C11H24N2. The van der Waals surface area contributed by atoms with Gasteiger partial charge in [-0.2, -0.15) is 0 Å². The van der Waals surface area contributed by atoms with Crippen LogP contribution in [0.5, 0.6) is 0 Å². The van der Waals surface area contributed by atoms with Gasteiger partial charge in [0.2, 0.25) is 0 Å². The van der Waals surface area contributed by atoms with E-state index >= 15 is 0 Å². The number of likely N-dealkylation sites (N-methyl/N-ethyl adjacent to an activating group) is 1. The molecule has 1 aliphatic carbocycles. The first-order valence-electron chi connectivity index (χ1n) is 5.74. The fourth-order valence-electron chi connectivity index (χ4n) is 2.83. The van der Waals surface area contributed by atoms with Crippen molar-refractivity contribution in [3.8, 4) is 0 Å². The second-order valence-electron chi connectivity index (χ2n) is 4.24. The highest BCUT2D eigenvalue weighted by Crippen LogP contribution is 2.35. The number of hydrogen-bond donors (Lipinski definition) is 2. The first kappa shape index (κ1) is 11.0. The molecule has 0 radical (unpaired) electrons. The van der Waals surface area contributed by atoms with Crippen molar-refractivity contribution in [2.24, 2.45) is 11.7 Å². The van der Waals surface area contributed by atoms with Gasteiger partial charge >= 0.3 is 0 Å². The summed E-state index contributed by atoms with van der Waals surface area (Å²) in [6, 6.07) is 0. The van der Waals surface area contributed by atoms with Crippen molar-refractivity contribution in [2.45, 2.75) is 51.5 Å². The standard InChI is InChI=1S/C11H24N2/c1-3-10-7-5-6-8-11(10,9-12)13-4-2/h10,13H,3-9,12H2,1-2H3. The highest BCUT2D eigenvalue weighted by Gasteiger charge is 2.37. The summed E-state index contributed by atoms with van der Waals surface area (Å²) in [6.45, 7) is 6.32. The lowest BCUT2D eigenvalue weighted by Crippen LogP contribution is -2.57. The van der Waals surface area contributed by atoms with Crippen LogP contribution in [0.2, 0.25) is 0 Å². The molecule has 0 aromatic carbocycles. The summed E-state index contributed by atoms with van der Waals surface area (Å²) in [5, 5.41) is 3.62. The Morgan fingerprint density at radius 1 is 1.38 bits per heavy atom. The molecule has 78 valence electrons. The molecule has 3 N–H and O–H groups in total. The average molecular weight is 184 g/mol. The smallest absolute Gasteiger partial charge is 0.0332 e. The fourth-order valence-corrected chi connectivity index (χ4v) is 2.83. The van der Waals surface area contributed by atoms with E-state index in [1.54, 1.807) is 0 Å². The fraction of sp³-hybridized carbons (Fsp3) is 1.00. The molecule has 1 fully saturated rings. The van der Waals surface area contributed by atoms with Crippen molar-refractivity contribution in [3.05, 3.63) is 0 Å². The molecule has 1 saturated carbocycles. The van der Waals surface area contributed by atoms with Crippen LogP contribution in [0.1, 0.15) is 46.0 Å². The Balaban J connectivity index is 2.66. The minimum Gasteiger partial charge on any atom is -0.329 e. The Bertz CT molecular complexity index is 143. The van der Waals surface area contributed by atoms with E-state index in [2.05, 4.69) is 19.2 Å². The molecule has 0 aromatic heterocycles. The van der Waals surface area contributed by atoms with Gasteiger partial charge in [-0.3, -0.25) is 0 Å². The molecule has 0 spiro atoms. The molecule has 0 aliphatic heterocycles. The maximum absolute atomic E-state index is 5.93. The summed E-state index contributed by atoms with van der Waals surface area (Å²) in [6.07, 6.45) is 6.65. The molecule has 1 aliphatic rings. The third-order valence-electron chi connectivity index (χ3n) is 3.59. The summed E-state index contributed by atoms with van der Waals surface area (Å²) < 4.78 is 0. The van der Waals surface area contributed by atoms with Crippen LogP contribution in [0.15, 0.2) is 0 Å². The van der Waals surface area contributed by atoms with Crippen LogP contribution >= 0.6 is 0 Å². The average Bonchev–Trinajstić information content (AvgIpc) is 2.19. The van der Waals surface area contributed by atoms with Gasteiger partial charge in [-0.05, 0) is 25.3 Å². The molecule has 2 heteroatoms. The van der Waals surface area contributed by atoms with Gasteiger partial charge in [-0.25, -0.2) is 0 Å². The van der Waals surface area contributed by atoms with Crippen molar-refractivity contribution < 1.29 is 0 Å². The summed E-state index contributed by atoms with van der Waals surface area (Å²) in [5.74, 6) is 0.797. The molecule has 0 aromatic rings. The Morgan fingerprint density at radius 2 is 2.15 bits per heavy atom. The normalized spacial score (nSPS) is 34.8. The van der Waals surface area contributed by atoms with Crippen LogP contribution in [0.4, 0.5) is 0 Å². The third kappa shape index (κ3) is 2.23. The SMILES string of the molecule is CCNC1(CN)CCCCC1CC. The first-order chi connectivity index (χ1) is 6.29. The topological polar surface area (TPSA) is 38.0 Å². The van der Waals surface area contributed by atoms with Crippen molar-refractivity contribution in [2.75, 3.05) is 13.1 Å². The van der Waals surface area contributed by atoms with E-state index in [-0.39, 0.29) is 5.54 Å². The molecule has 0 saturated heterocycles. The van der Waals surface area contributed by atoms with Gasteiger partial charge in [-0.1, -0.05) is 33.1 Å². The maximum atomic E-state index is 5.93. The molecule has 0 amide bonds. The van der Waals surface area contributed by atoms with Gasteiger partial charge in [0.15, 0.2) is 0 Å². The number of nitrogens with two attached hydrogens (primary N) is 1. The summed E-state index contributed by atoms with van der Waals surface area (Å²) in [7, 11) is 0. The quantitative estimate of drug-likeness (QED) is 0.700. The van der Waals surface area contributed by atoms with Crippen LogP contribution in [0.3, 0.4) is 0 Å². The predicted octanol–water partition coefficient (Wildman–Crippen LogP) is 1.89. The predicted molar refractivity (Wildman–Crippen MR) is 57.7 cm³/mol. The minimum atomic E-state index is 0.266.